The summed E-state index contributed by atoms with van der Waals surface area (Å²) in [7, 11) is 0. The van der Waals surface area contributed by atoms with Crippen molar-refractivity contribution in [3.8, 4) is 5.75 Å². The molecule has 33 heavy (non-hydrogen) atoms. The van der Waals surface area contributed by atoms with E-state index in [1.165, 1.54) is 6.07 Å². The van der Waals surface area contributed by atoms with Gasteiger partial charge in [0.1, 0.15) is 11.6 Å². The van der Waals surface area contributed by atoms with Crippen molar-refractivity contribution >= 4 is 23.3 Å². The number of halogens is 3. The smallest absolute Gasteiger partial charge is 0.417 e. The summed E-state index contributed by atoms with van der Waals surface area (Å²) in [6.45, 7) is 3.98. The van der Waals surface area contributed by atoms with Gasteiger partial charge in [0, 0.05) is 45.3 Å². The van der Waals surface area contributed by atoms with Crippen LogP contribution in [0.2, 0.25) is 0 Å². The van der Waals surface area contributed by atoms with Crippen LogP contribution in [0.15, 0.2) is 42.6 Å². The van der Waals surface area contributed by atoms with Crippen LogP contribution >= 0.6 is 0 Å². The van der Waals surface area contributed by atoms with Crippen LogP contribution in [0, 0.1) is 0 Å². The van der Waals surface area contributed by atoms with E-state index < -0.39 is 17.8 Å². The summed E-state index contributed by atoms with van der Waals surface area (Å²) in [5, 5.41) is 0. The van der Waals surface area contributed by atoms with Gasteiger partial charge in [0.2, 0.25) is 5.91 Å². The standard InChI is InChI=1S/C23H25F3N4O3/c1-16-22(32)30(18-5-2-3-6-19(18)33-16)12-9-21(31)29-11-4-10-28(13-14-29)20-8-7-17(15-27-20)23(24,25)26/h2-3,5-8,15-16H,4,9-14H2,1H3. The van der Waals surface area contributed by atoms with Crippen LogP contribution in [0.5, 0.6) is 5.75 Å². The van der Waals surface area contributed by atoms with Crippen LogP contribution in [-0.2, 0) is 15.8 Å². The lowest BCUT2D eigenvalue weighted by molar-refractivity contribution is -0.138. The molecule has 1 fully saturated rings. The average molecular weight is 462 g/mol. The normalized spacial score (nSPS) is 19.1. The molecule has 0 aliphatic carbocycles. The number of hydrogen-bond acceptors (Lipinski definition) is 5. The number of pyridine rings is 1. The summed E-state index contributed by atoms with van der Waals surface area (Å²) in [6, 6.07) is 9.63. The second-order valence-electron chi connectivity index (χ2n) is 8.09. The van der Waals surface area contributed by atoms with Gasteiger partial charge in [-0.05, 0) is 37.6 Å². The van der Waals surface area contributed by atoms with Crippen molar-refractivity contribution < 1.29 is 27.5 Å². The zero-order chi connectivity index (χ0) is 23.6. The van der Waals surface area contributed by atoms with Gasteiger partial charge in [-0.25, -0.2) is 4.98 Å². The third-order valence-electron chi connectivity index (χ3n) is 5.87. The summed E-state index contributed by atoms with van der Waals surface area (Å²) in [6.07, 6.45) is -3.36. The highest BCUT2D eigenvalue weighted by atomic mass is 19.4. The fraction of sp³-hybridized carbons (Fsp3) is 0.435. The number of alkyl halides is 3. The lowest BCUT2D eigenvalue weighted by Gasteiger charge is -2.33. The lowest BCUT2D eigenvalue weighted by atomic mass is 10.1. The minimum Gasteiger partial charge on any atom is -0.479 e. The van der Waals surface area contributed by atoms with Crippen LogP contribution in [0.4, 0.5) is 24.7 Å². The molecule has 1 atom stereocenters. The molecule has 1 unspecified atom stereocenters. The Morgan fingerprint density at radius 1 is 1.12 bits per heavy atom. The van der Waals surface area contributed by atoms with Crippen molar-refractivity contribution in [2.75, 3.05) is 42.5 Å². The zero-order valence-corrected chi connectivity index (χ0v) is 18.2. The monoisotopic (exact) mass is 462 g/mol. The van der Waals surface area contributed by atoms with E-state index in [-0.39, 0.29) is 24.8 Å². The molecule has 3 heterocycles. The van der Waals surface area contributed by atoms with Gasteiger partial charge in [-0.2, -0.15) is 13.2 Å². The zero-order valence-electron chi connectivity index (χ0n) is 18.2. The molecule has 7 nitrogen and oxygen atoms in total. The Labute approximate surface area is 189 Å². The van der Waals surface area contributed by atoms with E-state index in [2.05, 4.69) is 4.98 Å². The molecule has 10 heteroatoms. The van der Waals surface area contributed by atoms with Gasteiger partial charge in [0.25, 0.3) is 5.91 Å². The number of carbonyl (C=O) groups is 2. The molecule has 0 spiro atoms. The van der Waals surface area contributed by atoms with E-state index in [1.54, 1.807) is 28.9 Å². The number of rotatable bonds is 4. The maximum absolute atomic E-state index is 12.9. The maximum atomic E-state index is 12.9. The topological polar surface area (TPSA) is 66.0 Å². The third-order valence-corrected chi connectivity index (χ3v) is 5.87. The molecule has 1 aromatic heterocycles. The highest BCUT2D eigenvalue weighted by Crippen LogP contribution is 2.34. The number of anilines is 2. The van der Waals surface area contributed by atoms with Crippen LogP contribution in [0.1, 0.15) is 25.3 Å². The average Bonchev–Trinajstić information content (AvgIpc) is 3.05. The van der Waals surface area contributed by atoms with Gasteiger partial charge in [-0.15, -0.1) is 0 Å². The second-order valence-corrected chi connectivity index (χ2v) is 8.09. The first-order chi connectivity index (χ1) is 15.7. The molecule has 0 radical (unpaired) electrons. The number of carbonyl (C=O) groups excluding carboxylic acids is 2. The van der Waals surface area contributed by atoms with Crippen LogP contribution in [0.3, 0.4) is 0 Å². The lowest BCUT2D eigenvalue weighted by Crippen LogP contribution is -2.46. The molecule has 2 amide bonds. The van der Waals surface area contributed by atoms with Crippen molar-refractivity contribution in [2.45, 2.75) is 32.0 Å². The molecule has 0 N–H and O–H groups in total. The molecule has 1 saturated heterocycles. The van der Waals surface area contributed by atoms with Crippen molar-refractivity contribution in [1.82, 2.24) is 9.88 Å². The highest BCUT2D eigenvalue weighted by Gasteiger charge is 2.32. The third kappa shape index (κ3) is 5.04. The van der Waals surface area contributed by atoms with Crippen LogP contribution < -0.4 is 14.5 Å². The Kier molecular flexibility index (Phi) is 6.44. The molecule has 2 aliphatic heterocycles. The quantitative estimate of drug-likeness (QED) is 0.698. The Hall–Kier alpha value is -3.30. The highest BCUT2D eigenvalue weighted by molar-refractivity contribution is 6.00. The first kappa shape index (κ1) is 22.9. The van der Waals surface area contributed by atoms with Gasteiger partial charge >= 0.3 is 6.18 Å². The van der Waals surface area contributed by atoms with Gasteiger partial charge in [0.05, 0.1) is 11.3 Å². The van der Waals surface area contributed by atoms with Gasteiger partial charge < -0.3 is 19.4 Å². The molecule has 1 aromatic carbocycles. The molecule has 0 bridgehead atoms. The van der Waals surface area contributed by atoms with E-state index in [0.29, 0.717) is 49.9 Å². The Bertz CT molecular complexity index is 1010. The van der Waals surface area contributed by atoms with Gasteiger partial charge in [0.15, 0.2) is 6.10 Å². The molecule has 2 aliphatic rings. The SMILES string of the molecule is CC1Oc2ccccc2N(CCC(=O)N2CCCN(c3ccc(C(F)(F)F)cn3)CC2)C1=O. The van der Waals surface area contributed by atoms with E-state index in [9.17, 15) is 22.8 Å². The van der Waals surface area contributed by atoms with E-state index in [4.69, 9.17) is 4.74 Å². The Morgan fingerprint density at radius 3 is 2.64 bits per heavy atom. The largest absolute Gasteiger partial charge is 0.479 e. The number of hydrogen-bond donors (Lipinski definition) is 0. The first-order valence-electron chi connectivity index (χ1n) is 10.9. The van der Waals surface area contributed by atoms with Crippen molar-refractivity contribution in [1.29, 1.82) is 0 Å². The summed E-state index contributed by atoms with van der Waals surface area (Å²) in [5.74, 6) is 0.826. The number of nitrogens with zero attached hydrogens (tertiary/aromatic N) is 4. The summed E-state index contributed by atoms with van der Waals surface area (Å²) in [4.78, 5) is 34.7. The van der Waals surface area contributed by atoms with E-state index >= 15 is 0 Å². The molecule has 2 aromatic rings. The fourth-order valence-corrected chi connectivity index (χ4v) is 4.09. The minimum atomic E-state index is -4.42. The molecule has 176 valence electrons. The number of aromatic nitrogens is 1. The van der Waals surface area contributed by atoms with Crippen molar-refractivity contribution in [3.05, 3.63) is 48.2 Å². The van der Waals surface area contributed by atoms with E-state index in [0.717, 1.165) is 12.3 Å². The molecule has 4 rings (SSSR count). The number of para-hydroxylation sites is 2. The fourth-order valence-electron chi connectivity index (χ4n) is 4.09. The Morgan fingerprint density at radius 2 is 1.91 bits per heavy atom. The predicted octanol–water partition coefficient (Wildman–Crippen LogP) is 3.34. The summed E-state index contributed by atoms with van der Waals surface area (Å²) in [5.41, 5.74) is -0.129. The van der Waals surface area contributed by atoms with Crippen LogP contribution in [-0.4, -0.2) is 60.5 Å². The predicted molar refractivity (Wildman–Crippen MR) is 116 cm³/mol. The summed E-state index contributed by atoms with van der Waals surface area (Å²) >= 11 is 0. The van der Waals surface area contributed by atoms with Crippen molar-refractivity contribution in [3.63, 3.8) is 0 Å². The van der Waals surface area contributed by atoms with Gasteiger partial charge in [-0.3, -0.25) is 9.59 Å². The number of ether oxygens (including phenoxy) is 1. The Balaban J connectivity index is 1.35. The summed E-state index contributed by atoms with van der Waals surface area (Å²) < 4.78 is 44.0. The maximum Gasteiger partial charge on any atom is 0.417 e. The number of benzene rings is 1. The van der Waals surface area contributed by atoms with Crippen molar-refractivity contribution in [2.24, 2.45) is 0 Å². The molecular weight excluding hydrogens is 437 g/mol. The molecular formula is C23H25F3N4O3. The number of amides is 2. The van der Waals surface area contributed by atoms with Crippen LogP contribution in [0.25, 0.3) is 0 Å². The molecule has 0 saturated carbocycles. The second kappa shape index (κ2) is 9.29. The van der Waals surface area contributed by atoms with E-state index in [1.807, 2.05) is 17.0 Å². The first-order valence-corrected chi connectivity index (χ1v) is 10.9. The number of fused-ring (bicyclic) bond motifs is 1. The van der Waals surface area contributed by atoms with Gasteiger partial charge in [-0.1, -0.05) is 12.1 Å². The minimum absolute atomic E-state index is 0.0679.